The minimum absolute atomic E-state index is 0.140. The van der Waals surface area contributed by atoms with Gasteiger partial charge in [0, 0.05) is 10.7 Å². The summed E-state index contributed by atoms with van der Waals surface area (Å²) in [6.07, 6.45) is 1.38. The largest absolute Gasteiger partial charge is 0.404 e. The van der Waals surface area contributed by atoms with E-state index in [9.17, 15) is 14.9 Å². The van der Waals surface area contributed by atoms with Gasteiger partial charge in [0.25, 0.3) is 0 Å². The van der Waals surface area contributed by atoms with Crippen LogP contribution in [0.3, 0.4) is 0 Å². The number of hydrogen-bond donors (Lipinski definition) is 1. The molecule has 0 saturated heterocycles. The van der Waals surface area contributed by atoms with Gasteiger partial charge in [0.1, 0.15) is 11.0 Å². The van der Waals surface area contributed by atoms with Crippen LogP contribution in [0.4, 0.5) is 11.5 Å². The molecular formula is C12H10BrClN4O3. The third kappa shape index (κ3) is 3.59. The summed E-state index contributed by atoms with van der Waals surface area (Å²) in [6.45, 7) is 1.64. The van der Waals surface area contributed by atoms with Crippen LogP contribution in [-0.4, -0.2) is 20.6 Å². The van der Waals surface area contributed by atoms with Gasteiger partial charge in [-0.1, -0.05) is 17.7 Å². The maximum absolute atomic E-state index is 11.9. The van der Waals surface area contributed by atoms with Gasteiger partial charge >= 0.3 is 5.82 Å². The molecule has 0 bridgehead atoms. The van der Waals surface area contributed by atoms with Gasteiger partial charge in [-0.15, -0.1) is 0 Å². The molecule has 0 unspecified atom stereocenters. The van der Waals surface area contributed by atoms with Gasteiger partial charge in [-0.05, 0) is 45.5 Å². The molecule has 0 spiro atoms. The van der Waals surface area contributed by atoms with E-state index in [2.05, 4.69) is 26.3 Å². The number of aromatic nitrogens is 2. The monoisotopic (exact) mass is 372 g/mol. The van der Waals surface area contributed by atoms with E-state index in [4.69, 9.17) is 11.6 Å². The summed E-state index contributed by atoms with van der Waals surface area (Å²) in [5.41, 5.74) is 1.34. The topological polar surface area (TPSA) is 90.1 Å². The molecule has 0 atom stereocenters. The van der Waals surface area contributed by atoms with Crippen LogP contribution in [0.25, 0.3) is 0 Å². The van der Waals surface area contributed by atoms with Crippen LogP contribution >= 0.6 is 27.5 Å². The van der Waals surface area contributed by atoms with Crippen molar-refractivity contribution < 1.29 is 9.72 Å². The number of hydrogen-bond acceptors (Lipinski definition) is 4. The molecule has 1 aromatic carbocycles. The predicted octanol–water partition coefficient (Wildman–Crippen LogP) is 3.15. The average molecular weight is 374 g/mol. The van der Waals surface area contributed by atoms with Crippen molar-refractivity contribution in [1.82, 2.24) is 9.78 Å². The number of nitrogens with zero attached hydrogens (tertiary/aromatic N) is 3. The Bertz CT molecular complexity index is 717. The van der Waals surface area contributed by atoms with Gasteiger partial charge in [0.2, 0.25) is 5.91 Å². The first-order valence-corrected chi connectivity index (χ1v) is 6.98. The van der Waals surface area contributed by atoms with Crippen LogP contribution in [0.2, 0.25) is 5.02 Å². The van der Waals surface area contributed by atoms with Crippen LogP contribution < -0.4 is 5.32 Å². The van der Waals surface area contributed by atoms with Crippen LogP contribution in [0.15, 0.2) is 28.9 Å². The molecule has 1 aromatic heterocycles. The van der Waals surface area contributed by atoms with Gasteiger partial charge in [-0.25, -0.2) is 0 Å². The Balaban J connectivity index is 2.10. The maximum atomic E-state index is 11.9. The Kier molecular flexibility index (Phi) is 4.59. The van der Waals surface area contributed by atoms with Crippen molar-refractivity contribution in [2.75, 3.05) is 5.32 Å². The molecule has 2 rings (SSSR count). The summed E-state index contributed by atoms with van der Waals surface area (Å²) < 4.78 is 1.41. The molecule has 9 heteroatoms. The first-order valence-electron chi connectivity index (χ1n) is 5.81. The molecule has 1 heterocycles. The molecule has 0 radical (unpaired) electrons. The molecule has 7 nitrogen and oxygen atoms in total. The van der Waals surface area contributed by atoms with E-state index in [1.165, 1.54) is 10.9 Å². The Labute approximate surface area is 133 Å². The van der Waals surface area contributed by atoms with Crippen molar-refractivity contribution in [2.45, 2.75) is 13.5 Å². The van der Waals surface area contributed by atoms with Crippen LogP contribution in [-0.2, 0) is 11.3 Å². The zero-order chi connectivity index (χ0) is 15.6. The Morgan fingerprint density at radius 1 is 1.57 bits per heavy atom. The third-order valence-corrected chi connectivity index (χ3v) is 3.69. The molecule has 0 aliphatic heterocycles. The fourth-order valence-electron chi connectivity index (χ4n) is 1.67. The summed E-state index contributed by atoms with van der Waals surface area (Å²) >= 11 is 8.99. The van der Waals surface area contributed by atoms with Crippen molar-refractivity contribution >= 4 is 44.9 Å². The number of amides is 1. The molecule has 110 valence electrons. The Morgan fingerprint density at radius 3 is 2.90 bits per heavy atom. The van der Waals surface area contributed by atoms with Gasteiger partial charge in [0.05, 0.1) is 11.3 Å². The van der Waals surface area contributed by atoms with Gasteiger partial charge in [-0.3, -0.25) is 4.79 Å². The van der Waals surface area contributed by atoms with Crippen molar-refractivity contribution in [3.8, 4) is 0 Å². The second-order valence-corrected chi connectivity index (χ2v) is 5.48. The highest BCUT2D eigenvalue weighted by atomic mass is 79.9. The molecule has 0 aliphatic carbocycles. The number of nitro groups is 1. The number of rotatable bonds is 4. The summed E-state index contributed by atoms with van der Waals surface area (Å²) in [7, 11) is 0. The fraction of sp³-hybridized carbons (Fsp3) is 0.167. The standard InChI is InChI=1S/C12H10BrClN4O3/c1-7-9(14)3-2-4-10(7)15-11(19)6-17-5-8(13)12(16-17)18(20)21/h2-5H,6H2,1H3,(H,15,19). The normalized spacial score (nSPS) is 10.4. The number of carbonyl (C=O) groups is 1. The highest BCUT2D eigenvalue weighted by molar-refractivity contribution is 9.10. The van der Waals surface area contributed by atoms with E-state index < -0.39 is 4.92 Å². The number of nitrogens with one attached hydrogen (secondary N) is 1. The van der Waals surface area contributed by atoms with Crippen molar-refractivity contribution in [3.05, 3.63) is 49.6 Å². The zero-order valence-corrected chi connectivity index (χ0v) is 13.2. The molecule has 21 heavy (non-hydrogen) atoms. The lowest BCUT2D eigenvalue weighted by Crippen LogP contribution is -2.19. The summed E-state index contributed by atoms with van der Waals surface area (Å²) in [5.74, 6) is -0.688. The van der Waals surface area contributed by atoms with Crippen LogP contribution in [0.1, 0.15) is 5.56 Å². The fourth-order valence-corrected chi connectivity index (χ4v) is 2.31. The quantitative estimate of drug-likeness (QED) is 0.658. The van der Waals surface area contributed by atoms with Gasteiger partial charge in [-0.2, -0.15) is 4.68 Å². The van der Waals surface area contributed by atoms with E-state index in [1.807, 2.05) is 0 Å². The number of benzene rings is 1. The molecule has 0 aliphatic rings. The lowest BCUT2D eigenvalue weighted by molar-refractivity contribution is -0.390. The molecule has 0 saturated carbocycles. The van der Waals surface area contributed by atoms with Gasteiger partial charge in [0.15, 0.2) is 0 Å². The van der Waals surface area contributed by atoms with Crippen molar-refractivity contribution in [2.24, 2.45) is 0 Å². The van der Waals surface area contributed by atoms with Crippen molar-refractivity contribution in [1.29, 1.82) is 0 Å². The van der Waals surface area contributed by atoms with E-state index in [-0.39, 0.29) is 22.7 Å². The first kappa shape index (κ1) is 15.5. The van der Waals surface area contributed by atoms with E-state index in [0.717, 1.165) is 5.56 Å². The minimum Gasteiger partial charge on any atom is -0.358 e. The SMILES string of the molecule is Cc1c(Cl)cccc1NC(=O)Cn1cc(Br)c([N+](=O)[O-])n1. The third-order valence-electron chi connectivity index (χ3n) is 2.72. The molecule has 2 aromatic rings. The van der Waals surface area contributed by atoms with Crippen molar-refractivity contribution in [3.63, 3.8) is 0 Å². The summed E-state index contributed by atoms with van der Waals surface area (Å²) in [4.78, 5) is 22.0. The van der Waals surface area contributed by atoms with Gasteiger partial charge < -0.3 is 15.4 Å². The molecule has 1 N–H and O–H groups in total. The average Bonchev–Trinajstić information content (AvgIpc) is 2.76. The molecule has 1 amide bonds. The van der Waals surface area contributed by atoms with E-state index >= 15 is 0 Å². The lowest BCUT2D eigenvalue weighted by atomic mass is 10.2. The van der Waals surface area contributed by atoms with E-state index in [0.29, 0.717) is 10.7 Å². The van der Waals surface area contributed by atoms with E-state index in [1.54, 1.807) is 25.1 Å². The second kappa shape index (κ2) is 6.23. The second-order valence-electron chi connectivity index (χ2n) is 4.22. The number of carbonyl (C=O) groups excluding carboxylic acids is 1. The highest BCUT2D eigenvalue weighted by Gasteiger charge is 2.20. The summed E-state index contributed by atoms with van der Waals surface area (Å²) in [5, 5.41) is 17.6. The molecule has 0 fully saturated rings. The highest BCUT2D eigenvalue weighted by Crippen LogP contribution is 2.24. The Morgan fingerprint density at radius 2 is 2.29 bits per heavy atom. The number of anilines is 1. The first-order chi connectivity index (χ1) is 9.88. The zero-order valence-electron chi connectivity index (χ0n) is 10.8. The minimum atomic E-state index is -0.625. The number of halogens is 2. The lowest BCUT2D eigenvalue weighted by Gasteiger charge is -2.08. The predicted molar refractivity (Wildman–Crippen MR) is 81.4 cm³/mol. The van der Waals surface area contributed by atoms with Crippen LogP contribution in [0, 0.1) is 17.0 Å². The molecular weight excluding hydrogens is 364 g/mol. The maximum Gasteiger partial charge on any atom is 0.404 e. The Hall–Kier alpha value is -1.93. The smallest absolute Gasteiger partial charge is 0.358 e. The van der Waals surface area contributed by atoms with Crippen LogP contribution in [0.5, 0.6) is 0 Å². The summed E-state index contributed by atoms with van der Waals surface area (Å²) in [6, 6.07) is 5.17.